The van der Waals surface area contributed by atoms with Gasteiger partial charge in [0.2, 0.25) is 0 Å². The first-order chi connectivity index (χ1) is 15.2. The van der Waals surface area contributed by atoms with Crippen molar-refractivity contribution in [1.29, 1.82) is 0 Å². The van der Waals surface area contributed by atoms with E-state index >= 15 is 0 Å². The molecule has 0 aliphatic carbocycles. The Hall–Kier alpha value is -3.29. The molecule has 1 N–H and O–H groups in total. The van der Waals surface area contributed by atoms with Gasteiger partial charge in [-0.1, -0.05) is 35.9 Å². The summed E-state index contributed by atoms with van der Waals surface area (Å²) < 4.78 is 23.7. The van der Waals surface area contributed by atoms with Crippen molar-refractivity contribution in [2.45, 2.75) is 17.9 Å². The Balaban J connectivity index is 1.64. The molecule has 2 aromatic heterocycles. The van der Waals surface area contributed by atoms with E-state index in [0.717, 1.165) is 22.8 Å². The van der Waals surface area contributed by atoms with Gasteiger partial charge < -0.3 is 5.32 Å². The molecule has 4 aromatic rings. The van der Waals surface area contributed by atoms with E-state index in [2.05, 4.69) is 15.3 Å². The Bertz CT molecular complexity index is 1420. The second-order valence-corrected chi connectivity index (χ2v) is 9.95. The predicted octanol–water partition coefficient (Wildman–Crippen LogP) is 4.84. The fraction of sp³-hybridized carbons (Fsp3) is 0.125. The molecule has 0 saturated carbocycles. The van der Waals surface area contributed by atoms with Crippen LogP contribution < -0.4 is 5.32 Å². The lowest BCUT2D eigenvalue weighted by molar-refractivity contribution is 0.0935. The van der Waals surface area contributed by atoms with Crippen LogP contribution in [0, 0.1) is 0 Å². The zero-order valence-electron chi connectivity index (χ0n) is 17.4. The zero-order chi connectivity index (χ0) is 22.9. The fourth-order valence-corrected chi connectivity index (χ4v) is 4.18. The van der Waals surface area contributed by atoms with E-state index in [4.69, 9.17) is 11.6 Å². The minimum atomic E-state index is -3.34. The first-order valence-corrected chi connectivity index (χ1v) is 12.1. The molecule has 0 fully saturated rings. The lowest BCUT2D eigenvalue weighted by atomic mass is 10.0. The second kappa shape index (κ2) is 8.68. The molecule has 2 aromatic carbocycles. The Morgan fingerprint density at radius 2 is 1.78 bits per heavy atom. The van der Waals surface area contributed by atoms with Crippen molar-refractivity contribution >= 4 is 38.2 Å². The quantitative estimate of drug-likeness (QED) is 0.455. The molecule has 0 aliphatic rings. The van der Waals surface area contributed by atoms with Gasteiger partial charge in [-0.05, 0) is 54.4 Å². The van der Waals surface area contributed by atoms with Gasteiger partial charge >= 0.3 is 0 Å². The number of nitrogens with one attached hydrogen (secondary N) is 1. The maximum atomic E-state index is 12.9. The number of hydrogen-bond acceptors (Lipinski definition) is 5. The van der Waals surface area contributed by atoms with E-state index in [1.807, 2.05) is 12.1 Å². The number of carbonyl (C=O) groups excluding carboxylic acids is 1. The molecule has 0 bridgehead atoms. The number of aromatic nitrogens is 2. The normalized spacial score (nSPS) is 12.5. The number of amides is 1. The molecule has 6 nitrogen and oxygen atoms in total. The van der Waals surface area contributed by atoms with Gasteiger partial charge in [-0.2, -0.15) is 0 Å². The summed E-state index contributed by atoms with van der Waals surface area (Å²) in [6.07, 6.45) is 4.56. The maximum Gasteiger partial charge on any atom is 0.270 e. The number of fused-ring (bicyclic) bond motifs is 1. The molecular formula is C24H20ClN3O3S. The summed E-state index contributed by atoms with van der Waals surface area (Å²) in [6, 6.07) is 16.9. The van der Waals surface area contributed by atoms with Gasteiger partial charge in [-0.25, -0.2) is 13.4 Å². The third kappa shape index (κ3) is 4.64. The summed E-state index contributed by atoms with van der Waals surface area (Å²) in [7, 11) is -3.34. The first kappa shape index (κ1) is 21.9. The van der Waals surface area contributed by atoms with E-state index in [1.165, 1.54) is 6.07 Å². The molecule has 1 atom stereocenters. The Morgan fingerprint density at radius 3 is 2.50 bits per heavy atom. The summed E-state index contributed by atoms with van der Waals surface area (Å²) in [4.78, 5) is 22.0. The maximum absolute atomic E-state index is 12.9. The summed E-state index contributed by atoms with van der Waals surface area (Å²) in [5.41, 5.74) is 3.28. The molecule has 2 heterocycles. The number of hydrogen-bond donors (Lipinski definition) is 1. The van der Waals surface area contributed by atoms with Crippen molar-refractivity contribution in [2.24, 2.45) is 0 Å². The van der Waals surface area contributed by atoms with Crippen molar-refractivity contribution in [2.75, 3.05) is 6.26 Å². The van der Waals surface area contributed by atoms with Gasteiger partial charge in [0.05, 0.1) is 16.5 Å². The number of sulfone groups is 1. The third-order valence-corrected chi connectivity index (χ3v) is 6.48. The van der Waals surface area contributed by atoms with Gasteiger partial charge in [-0.15, -0.1) is 0 Å². The standard InChI is InChI=1S/C24H20ClN3O3S/c1-15(17-4-3-5-20(12-17)32(2,30)31)27-24(29)22-11-8-18-13-26-14-21(23(18)28-22)16-6-9-19(25)10-7-16/h3-15H,1-2H3,(H,27,29). The van der Waals surface area contributed by atoms with Crippen molar-refractivity contribution < 1.29 is 13.2 Å². The molecule has 0 radical (unpaired) electrons. The van der Waals surface area contributed by atoms with Crippen LogP contribution in [0.4, 0.5) is 0 Å². The van der Waals surface area contributed by atoms with E-state index < -0.39 is 15.9 Å². The van der Waals surface area contributed by atoms with Crippen LogP contribution in [0.15, 0.2) is 78.0 Å². The summed E-state index contributed by atoms with van der Waals surface area (Å²) in [5, 5.41) is 4.33. The van der Waals surface area contributed by atoms with E-state index in [0.29, 0.717) is 16.1 Å². The predicted molar refractivity (Wildman–Crippen MR) is 125 cm³/mol. The van der Waals surface area contributed by atoms with Crippen LogP contribution in [-0.4, -0.2) is 30.5 Å². The highest BCUT2D eigenvalue weighted by atomic mass is 35.5. The Morgan fingerprint density at radius 1 is 1.03 bits per heavy atom. The second-order valence-electron chi connectivity index (χ2n) is 7.50. The van der Waals surface area contributed by atoms with Gasteiger partial charge in [0, 0.05) is 34.6 Å². The number of rotatable bonds is 5. The fourth-order valence-electron chi connectivity index (χ4n) is 3.38. The number of benzene rings is 2. The lowest BCUT2D eigenvalue weighted by Crippen LogP contribution is -2.27. The zero-order valence-corrected chi connectivity index (χ0v) is 19.0. The van der Waals surface area contributed by atoms with Gasteiger partial charge in [-0.3, -0.25) is 9.78 Å². The Labute approximate surface area is 191 Å². The molecule has 32 heavy (non-hydrogen) atoms. The lowest BCUT2D eigenvalue weighted by Gasteiger charge is -2.15. The molecule has 0 saturated heterocycles. The average molecular weight is 466 g/mol. The highest BCUT2D eigenvalue weighted by molar-refractivity contribution is 7.90. The van der Waals surface area contributed by atoms with Crippen LogP contribution in [0.2, 0.25) is 5.02 Å². The largest absolute Gasteiger partial charge is 0.344 e. The summed E-state index contributed by atoms with van der Waals surface area (Å²) >= 11 is 6.00. The topological polar surface area (TPSA) is 89.0 Å². The monoisotopic (exact) mass is 465 g/mol. The molecule has 8 heteroatoms. The molecule has 4 rings (SSSR count). The SMILES string of the molecule is CC(NC(=O)c1ccc2cncc(-c3ccc(Cl)cc3)c2n1)c1cccc(S(C)(=O)=O)c1. The third-order valence-electron chi connectivity index (χ3n) is 5.12. The van der Waals surface area contributed by atoms with Crippen LogP contribution in [0.25, 0.3) is 22.0 Å². The smallest absolute Gasteiger partial charge is 0.270 e. The van der Waals surface area contributed by atoms with Gasteiger partial charge in [0.15, 0.2) is 9.84 Å². The molecule has 1 unspecified atom stereocenters. The van der Waals surface area contributed by atoms with Crippen molar-refractivity contribution in [3.05, 3.63) is 89.3 Å². The van der Waals surface area contributed by atoms with Crippen molar-refractivity contribution in [3.8, 4) is 11.1 Å². The molecule has 1 amide bonds. The Kier molecular flexibility index (Phi) is 5.95. The highest BCUT2D eigenvalue weighted by Gasteiger charge is 2.16. The van der Waals surface area contributed by atoms with E-state index in [9.17, 15) is 13.2 Å². The van der Waals surface area contributed by atoms with E-state index in [-0.39, 0.29) is 16.5 Å². The molecule has 162 valence electrons. The van der Waals surface area contributed by atoms with Crippen LogP contribution in [0.3, 0.4) is 0 Å². The van der Waals surface area contributed by atoms with Crippen molar-refractivity contribution in [3.63, 3.8) is 0 Å². The summed E-state index contributed by atoms with van der Waals surface area (Å²) in [5.74, 6) is -0.358. The summed E-state index contributed by atoms with van der Waals surface area (Å²) in [6.45, 7) is 1.80. The van der Waals surface area contributed by atoms with Gasteiger partial charge in [0.1, 0.15) is 5.69 Å². The van der Waals surface area contributed by atoms with Crippen LogP contribution >= 0.6 is 11.6 Å². The van der Waals surface area contributed by atoms with Crippen LogP contribution in [0.1, 0.15) is 29.0 Å². The van der Waals surface area contributed by atoms with Gasteiger partial charge in [0.25, 0.3) is 5.91 Å². The van der Waals surface area contributed by atoms with Crippen molar-refractivity contribution in [1.82, 2.24) is 15.3 Å². The number of carbonyl (C=O) groups is 1. The van der Waals surface area contributed by atoms with E-state index in [1.54, 1.807) is 61.8 Å². The molecule has 0 spiro atoms. The highest BCUT2D eigenvalue weighted by Crippen LogP contribution is 2.27. The minimum absolute atomic E-state index is 0.208. The average Bonchev–Trinajstić information content (AvgIpc) is 2.78. The van der Waals surface area contributed by atoms with Crippen LogP contribution in [-0.2, 0) is 9.84 Å². The number of halogens is 1. The minimum Gasteiger partial charge on any atom is -0.344 e. The first-order valence-electron chi connectivity index (χ1n) is 9.84. The molecule has 0 aliphatic heterocycles. The molecular weight excluding hydrogens is 446 g/mol. The number of pyridine rings is 2. The number of nitrogens with zero attached hydrogens (tertiary/aromatic N) is 2. The van der Waals surface area contributed by atoms with Crippen LogP contribution in [0.5, 0.6) is 0 Å².